The zero-order chi connectivity index (χ0) is 9.64. The first kappa shape index (κ1) is 8.18. The summed E-state index contributed by atoms with van der Waals surface area (Å²) in [5.41, 5.74) is -1.04. The van der Waals surface area contributed by atoms with E-state index in [9.17, 15) is 14.4 Å². The smallest absolute Gasteiger partial charge is 0.276 e. The molecule has 0 aromatic rings. The van der Waals surface area contributed by atoms with E-state index in [0.29, 0.717) is 17.9 Å². The maximum Gasteiger partial charge on any atom is 0.345 e. The molecular weight excluding hydrogens is 174 g/mol. The second kappa shape index (κ2) is 2.29. The number of rotatable bonds is 0. The lowest BCUT2D eigenvalue weighted by atomic mass is 9.66. The summed E-state index contributed by atoms with van der Waals surface area (Å²) in [7, 11) is 0. The lowest BCUT2D eigenvalue weighted by Gasteiger charge is -2.42. The molecule has 0 radical (unpaired) electrons. The van der Waals surface area contributed by atoms with Crippen molar-refractivity contribution < 1.29 is 14.4 Å². The minimum atomic E-state index is -1.04. The van der Waals surface area contributed by atoms with Gasteiger partial charge in [-0.3, -0.25) is 14.9 Å². The van der Waals surface area contributed by atoms with Gasteiger partial charge in [0.25, 0.3) is 5.91 Å². The molecule has 6 heteroatoms. The van der Waals surface area contributed by atoms with Crippen LogP contribution >= 0.6 is 0 Å². The fourth-order valence-electron chi connectivity index (χ4n) is 1.67. The summed E-state index contributed by atoms with van der Waals surface area (Å²) in [6, 6.07) is -0.840. The third-order valence-corrected chi connectivity index (χ3v) is 2.71. The van der Waals surface area contributed by atoms with Crippen molar-refractivity contribution >= 4 is 17.8 Å². The van der Waals surface area contributed by atoms with Gasteiger partial charge in [-0.15, -0.1) is 0 Å². The van der Waals surface area contributed by atoms with Crippen molar-refractivity contribution in [1.29, 1.82) is 0 Å². The van der Waals surface area contributed by atoms with Gasteiger partial charge < -0.3 is 0 Å². The Balaban J connectivity index is 2.34. The van der Waals surface area contributed by atoms with Gasteiger partial charge in [-0.25, -0.2) is 10.6 Å². The molecule has 1 saturated heterocycles. The van der Waals surface area contributed by atoms with Crippen LogP contribution < -0.4 is 11.2 Å². The Bertz CT molecular complexity index is 308. The monoisotopic (exact) mass is 183 g/mol. The average molecular weight is 183 g/mol. The highest BCUT2D eigenvalue weighted by Gasteiger charge is 2.56. The minimum Gasteiger partial charge on any atom is -0.276 e. The molecule has 2 fully saturated rings. The Labute approximate surface area is 74.0 Å². The molecule has 1 spiro atoms. The Kier molecular flexibility index (Phi) is 1.44. The number of urea groups is 1. The molecule has 1 aliphatic heterocycles. The third-order valence-electron chi connectivity index (χ3n) is 2.71. The molecule has 0 aromatic heterocycles. The number of nitrogens with zero attached hydrogens (tertiary/aromatic N) is 1. The summed E-state index contributed by atoms with van der Waals surface area (Å²) in [5.74, 6) is 4.11. The minimum absolute atomic E-state index is 0.485. The van der Waals surface area contributed by atoms with E-state index in [0.717, 1.165) is 6.42 Å². The van der Waals surface area contributed by atoms with E-state index in [-0.39, 0.29) is 0 Å². The van der Waals surface area contributed by atoms with E-state index >= 15 is 0 Å². The van der Waals surface area contributed by atoms with Crippen molar-refractivity contribution in [2.24, 2.45) is 11.3 Å². The van der Waals surface area contributed by atoms with Crippen LogP contribution in [0.25, 0.3) is 0 Å². The summed E-state index contributed by atoms with van der Waals surface area (Å²) >= 11 is 0. The summed E-state index contributed by atoms with van der Waals surface area (Å²) < 4.78 is 0. The quantitative estimate of drug-likeness (QED) is 0.289. The predicted octanol–water partition coefficient (Wildman–Crippen LogP) is -0.891. The van der Waals surface area contributed by atoms with E-state index in [1.54, 1.807) is 0 Å². The van der Waals surface area contributed by atoms with Gasteiger partial charge >= 0.3 is 6.03 Å². The summed E-state index contributed by atoms with van der Waals surface area (Å²) in [5, 5.41) is 2.54. The molecule has 1 saturated carbocycles. The lowest BCUT2D eigenvalue weighted by molar-refractivity contribution is -0.157. The van der Waals surface area contributed by atoms with Crippen molar-refractivity contribution in [3.05, 3.63) is 0 Å². The van der Waals surface area contributed by atoms with Crippen LogP contribution in [0, 0.1) is 5.41 Å². The normalized spacial score (nSPS) is 25.9. The fourth-order valence-corrected chi connectivity index (χ4v) is 1.67. The van der Waals surface area contributed by atoms with E-state index in [4.69, 9.17) is 5.84 Å². The molecule has 1 aliphatic carbocycles. The average Bonchev–Trinajstić information content (AvgIpc) is 1.98. The van der Waals surface area contributed by atoms with Gasteiger partial charge in [0.05, 0.1) is 0 Å². The summed E-state index contributed by atoms with van der Waals surface area (Å²) in [6.07, 6.45) is 1.79. The third kappa shape index (κ3) is 0.831. The molecule has 0 aromatic carbocycles. The summed E-state index contributed by atoms with van der Waals surface area (Å²) in [6.45, 7) is 0. The molecule has 0 bridgehead atoms. The Morgan fingerprint density at radius 3 is 2.38 bits per heavy atom. The number of carbonyl (C=O) groups excluding carboxylic acids is 3. The highest BCUT2D eigenvalue weighted by atomic mass is 16.2. The van der Waals surface area contributed by atoms with Crippen molar-refractivity contribution in [3.63, 3.8) is 0 Å². The summed E-state index contributed by atoms with van der Waals surface area (Å²) in [4.78, 5) is 33.7. The molecule has 0 atom stereocenters. The number of imide groups is 2. The topological polar surface area (TPSA) is 92.5 Å². The fraction of sp³-hybridized carbons (Fsp3) is 0.571. The second-order valence-corrected chi connectivity index (χ2v) is 3.37. The first-order chi connectivity index (χ1) is 6.08. The van der Waals surface area contributed by atoms with Crippen LogP contribution in [-0.4, -0.2) is 22.9 Å². The molecule has 2 rings (SSSR count). The van der Waals surface area contributed by atoms with Crippen LogP contribution in [0.5, 0.6) is 0 Å². The number of amides is 4. The predicted molar refractivity (Wildman–Crippen MR) is 40.9 cm³/mol. The molecule has 1 heterocycles. The van der Waals surface area contributed by atoms with Crippen LogP contribution in [0.4, 0.5) is 4.79 Å². The molecule has 2 aliphatic rings. The largest absolute Gasteiger partial charge is 0.345 e. The molecule has 70 valence electrons. The van der Waals surface area contributed by atoms with Gasteiger partial charge in [-0.05, 0) is 12.8 Å². The number of hydrogen-bond donors (Lipinski definition) is 2. The second-order valence-electron chi connectivity index (χ2n) is 3.37. The highest BCUT2D eigenvalue weighted by Crippen LogP contribution is 2.43. The van der Waals surface area contributed by atoms with Gasteiger partial charge in [0, 0.05) is 0 Å². The van der Waals surface area contributed by atoms with Gasteiger partial charge in [0.1, 0.15) is 5.41 Å². The Morgan fingerprint density at radius 2 is 1.92 bits per heavy atom. The maximum atomic E-state index is 11.5. The van der Waals surface area contributed by atoms with Crippen molar-refractivity contribution in [2.45, 2.75) is 19.3 Å². The number of hydrazine groups is 1. The van der Waals surface area contributed by atoms with Crippen LogP contribution in [0.3, 0.4) is 0 Å². The van der Waals surface area contributed by atoms with Crippen molar-refractivity contribution in [1.82, 2.24) is 10.3 Å². The molecule has 4 amide bonds. The van der Waals surface area contributed by atoms with E-state index in [1.807, 2.05) is 0 Å². The van der Waals surface area contributed by atoms with Crippen LogP contribution in [-0.2, 0) is 9.59 Å². The molecule has 0 unspecified atom stereocenters. The first-order valence-electron chi connectivity index (χ1n) is 4.02. The lowest BCUT2D eigenvalue weighted by Crippen LogP contribution is -2.67. The van der Waals surface area contributed by atoms with Gasteiger partial charge in [0.15, 0.2) is 0 Å². The SMILES string of the molecule is NN1C(=O)NC(=O)C2(CCC2)C1=O. The van der Waals surface area contributed by atoms with Crippen LogP contribution in [0.1, 0.15) is 19.3 Å². The standard InChI is InChI=1S/C7H9N3O3/c8-10-5(12)7(2-1-3-7)4(11)9-6(10)13/h1-3,8H2,(H,9,11,13). The van der Waals surface area contributed by atoms with Gasteiger partial charge in [-0.2, -0.15) is 5.01 Å². The van der Waals surface area contributed by atoms with Crippen molar-refractivity contribution in [3.8, 4) is 0 Å². The number of barbiturate groups is 1. The molecule has 6 nitrogen and oxygen atoms in total. The molecule has 13 heavy (non-hydrogen) atoms. The number of nitrogens with one attached hydrogen (secondary N) is 1. The van der Waals surface area contributed by atoms with Crippen LogP contribution in [0.15, 0.2) is 0 Å². The molecule has 3 N–H and O–H groups in total. The number of hydrogen-bond acceptors (Lipinski definition) is 4. The van der Waals surface area contributed by atoms with Gasteiger partial charge in [0.2, 0.25) is 5.91 Å². The zero-order valence-electron chi connectivity index (χ0n) is 6.87. The van der Waals surface area contributed by atoms with Crippen LogP contribution in [0.2, 0.25) is 0 Å². The van der Waals surface area contributed by atoms with Crippen molar-refractivity contribution in [2.75, 3.05) is 0 Å². The molecular formula is C7H9N3O3. The zero-order valence-corrected chi connectivity index (χ0v) is 6.87. The van der Waals surface area contributed by atoms with E-state index in [2.05, 4.69) is 5.32 Å². The Morgan fingerprint density at radius 1 is 1.31 bits per heavy atom. The first-order valence-corrected chi connectivity index (χ1v) is 4.02. The maximum absolute atomic E-state index is 11.5. The number of carbonyl (C=O) groups is 3. The highest BCUT2D eigenvalue weighted by molar-refractivity contribution is 6.19. The van der Waals surface area contributed by atoms with E-state index in [1.165, 1.54) is 0 Å². The van der Waals surface area contributed by atoms with E-state index < -0.39 is 23.3 Å². The Hall–Kier alpha value is -1.43. The number of nitrogens with two attached hydrogens (primary N) is 1. The van der Waals surface area contributed by atoms with Gasteiger partial charge in [-0.1, -0.05) is 6.42 Å².